The highest BCUT2D eigenvalue weighted by molar-refractivity contribution is 6.23. The third-order valence-electron chi connectivity index (χ3n) is 4.54. The van der Waals surface area contributed by atoms with Crippen molar-refractivity contribution in [1.29, 1.82) is 0 Å². The van der Waals surface area contributed by atoms with Crippen LogP contribution in [0.15, 0.2) is 30.3 Å². The average Bonchev–Trinajstić information content (AvgIpc) is 3.22. The highest BCUT2D eigenvalue weighted by Gasteiger charge is 2.39. The Kier molecular flexibility index (Phi) is 3.91. The van der Waals surface area contributed by atoms with E-state index in [-0.39, 0.29) is 36.5 Å². The van der Waals surface area contributed by atoms with E-state index in [1.54, 1.807) is 12.1 Å². The lowest BCUT2D eigenvalue weighted by Gasteiger charge is -2.14. The van der Waals surface area contributed by atoms with Gasteiger partial charge in [0.05, 0.1) is 25.3 Å². The number of amides is 2. The number of nitrogens with zero attached hydrogens (tertiary/aromatic N) is 1. The summed E-state index contributed by atoms with van der Waals surface area (Å²) in [6, 6.07) is 8.81. The predicted octanol–water partition coefficient (Wildman–Crippen LogP) is 2.27. The standard InChI is InChI=1S/C19H17NO6/c1-23-14-6-4-12-16(17(14)24-2)19(22)20(18(12)21)8-7-11-3-5-13-15(9-11)26-10-25-13/h3-6,9H,7-8,10H2,1-2H3. The van der Waals surface area contributed by atoms with Gasteiger partial charge in [-0.15, -0.1) is 0 Å². The molecule has 2 aromatic carbocycles. The molecule has 2 aliphatic heterocycles. The first-order chi connectivity index (χ1) is 12.6. The molecule has 0 spiro atoms. The van der Waals surface area contributed by atoms with Gasteiger partial charge < -0.3 is 18.9 Å². The quantitative estimate of drug-likeness (QED) is 0.766. The summed E-state index contributed by atoms with van der Waals surface area (Å²) >= 11 is 0. The monoisotopic (exact) mass is 355 g/mol. The highest BCUT2D eigenvalue weighted by atomic mass is 16.7. The molecule has 0 aliphatic carbocycles. The number of hydrogen-bond acceptors (Lipinski definition) is 6. The molecule has 0 bridgehead atoms. The zero-order valence-corrected chi connectivity index (χ0v) is 14.4. The van der Waals surface area contributed by atoms with Gasteiger partial charge in [0, 0.05) is 6.54 Å². The summed E-state index contributed by atoms with van der Waals surface area (Å²) in [5, 5.41) is 0. The molecule has 134 valence electrons. The Morgan fingerprint density at radius 2 is 1.81 bits per heavy atom. The van der Waals surface area contributed by atoms with Crippen LogP contribution in [-0.2, 0) is 6.42 Å². The Labute approximate surface area is 150 Å². The molecule has 0 N–H and O–H groups in total. The van der Waals surface area contributed by atoms with Crippen LogP contribution in [-0.4, -0.2) is 44.3 Å². The second-order valence-electron chi connectivity index (χ2n) is 5.92. The summed E-state index contributed by atoms with van der Waals surface area (Å²) in [6.45, 7) is 0.469. The first-order valence-corrected chi connectivity index (χ1v) is 8.13. The van der Waals surface area contributed by atoms with Gasteiger partial charge in [-0.25, -0.2) is 0 Å². The molecule has 0 radical (unpaired) electrons. The Hall–Kier alpha value is -3.22. The van der Waals surface area contributed by atoms with Crippen LogP contribution >= 0.6 is 0 Å². The summed E-state index contributed by atoms with van der Waals surface area (Å²) in [4.78, 5) is 26.7. The number of rotatable bonds is 5. The zero-order chi connectivity index (χ0) is 18.3. The first kappa shape index (κ1) is 16.3. The Morgan fingerprint density at radius 3 is 2.58 bits per heavy atom. The van der Waals surface area contributed by atoms with Crippen molar-refractivity contribution >= 4 is 11.8 Å². The number of carbonyl (C=O) groups is 2. The second kappa shape index (κ2) is 6.25. The van der Waals surface area contributed by atoms with Crippen molar-refractivity contribution in [3.63, 3.8) is 0 Å². The minimum atomic E-state index is -0.374. The number of hydrogen-bond donors (Lipinski definition) is 0. The lowest BCUT2D eigenvalue weighted by Crippen LogP contribution is -2.31. The Morgan fingerprint density at radius 1 is 1.00 bits per heavy atom. The van der Waals surface area contributed by atoms with E-state index in [1.165, 1.54) is 19.1 Å². The molecule has 2 heterocycles. The van der Waals surface area contributed by atoms with Crippen molar-refractivity contribution in [1.82, 2.24) is 4.90 Å². The van der Waals surface area contributed by atoms with Crippen molar-refractivity contribution < 1.29 is 28.5 Å². The van der Waals surface area contributed by atoms with Crippen molar-refractivity contribution in [2.24, 2.45) is 0 Å². The summed E-state index contributed by atoms with van der Waals surface area (Å²) in [5.41, 5.74) is 1.54. The number of imide groups is 1. The number of carbonyl (C=O) groups excluding carboxylic acids is 2. The van der Waals surface area contributed by atoms with Crippen LogP contribution in [0.4, 0.5) is 0 Å². The first-order valence-electron chi connectivity index (χ1n) is 8.13. The Bertz CT molecular complexity index is 907. The Balaban J connectivity index is 1.57. The van der Waals surface area contributed by atoms with Crippen molar-refractivity contribution in [2.75, 3.05) is 27.6 Å². The largest absolute Gasteiger partial charge is 0.493 e. The lowest BCUT2D eigenvalue weighted by molar-refractivity contribution is 0.0655. The van der Waals surface area contributed by atoms with E-state index in [0.29, 0.717) is 29.2 Å². The van der Waals surface area contributed by atoms with Gasteiger partial charge >= 0.3 is 0 Å². The third kappa shape index (κ3) is 2.44. The maximum Gasteiger partial charge on any atom is 0.265 e. The van der Waals surface area contributed by atoms with Crippen LogP contribution in [0.5, 0.6) is 23.0 Å². The third-order valence-corrected chi connectivity index (χ3v) is 4.54. The molecule has 0 unspecified atom stereocenters. The molecule has 7 nitrogen and oxygen atoms in total. The average molecular weight is 355 g/mol. The molecule has 2 aliphatic rings. The highest BCUT2D eigenvalue weighted by Crippen LogP contribution is 2.38. The molecule has 2 amide bonds. The van der Waals surface area contributed by atoms with Gasteiger partial charge in [-0.2, -0.15) is 0 Å². The van der Waals surface area contributed by atoms with Crippen LogP contribution < -0.4 is 18.9 Å². The predicted molar refractivity (Wildman–Crippen MR) is 91.2 cm³/mol. The van der Waals surface area contributed by atoms with Gasteiger partial charge in [-0.1, -0.05) is 6.07 Å². The van der Waals surface area contributed by atoms with E-state index >= 15 is 0 Å². The van der Waals surface area contributed by atoms with Crippen LogP contribution in [0.3, 0.4) is 0 Å². The van der Waals surface area contributed by atoms with Gasteiger partial charge in [0.25, 0.3) is 11.8 Å². The summed E-state index contributed by atoms with van der Waals surface area (Å²) in [7, 11) is 2.94. The molecule has 0 aromatic heterocycles. The minimum absolute atomic E-state index is 0.207. The van der Waals surface area contributed by atoms with Gasteiger partial charge in [-0.3, -0.25) is 14.5 Å². The normalized spacial score (nSPS) is 14.6. The van der Waals surface area contributed by atoms with Crippen molar-refractivity contribution in [3.8, 4) is 23.0 Å². The molecule has 7 heteroatoms. The molecule has 0 fully saturated rings. The molecule has 0 saturated carbocycles. The van der Waals surface area contributed by atoms with E-state index in [9.17, 15) is 9.59 Å². The summed E-state index contributed by atoms with van der Waals surface area (Å²) in [6.07, 6.45) is 0.515. The van der Waals surface area contributed by atoms with Crippen molar-refractivity contribution in [3.05, 3.63) is 47.0 Å². The summed E-state index contributed by atoms with van der Waals surface area (Å²) in [5.74, 6) is 1.38. The fourth-order valence-electron chi connectivity index (χ4n) is 3.23. The smallest absolute Gasteiger partial charge is 0.265 e. The van der Waals surface area contributed by atoms with Crippen LogP contribution in [0.25, 0.3) is 0 Å². The van der Waals surface area contributed by atoms with Crippen molar-refractivity contribution in [2.45, 2.75) is 6.42 Å². The second-order valence-corrected chi connectivity index (χ2v) is 5.92. The maximum absolute atomic E-state index is 12.8. The molecule has 0 saturated heterocycles. The topological polar surface area (TPSA) is 74.3 Å². The van der Waals surface area contributed by atoms with Crippen LogP contribution in [0, 0.1) is 0 Å². The number of benzene rings is 2. The zero-order valence-electron chi connectivity index (χ0n) is 14.4. The van der Waals surface area contributed by atoms with Crippen LogP contribution in [0.1, 0.15) is 26.3 Å². The fourth-order valence-corrected chi connectivity index (χ4v) is 3.23. The minimum Gasteiger partial charge on any atom is -0.493 e. The molecule has 2 aromatic rings. The van der Waals surface area contributed by atoms with E-state index in [2.05, 4.69) is 0 Å². The van der Waals surface area contributed by atoms with E-state index < -0.39 is 0 Å². The van der Waals surface area contributed by atoms with E-state index in [0.717, 1.165) is 5.56 Å². The number of methoxy groups -OCH3 is 2. The maximum atomic E-state index is 12.8. The summed E-state index contributed by atoms with van der Waals surface area (Å²) < 4.78 is 21.2. The molecule has 0 atom stereocenters. The van der Waals surface area contributed by atoms with Crippen LogP contribution in [0.2, 0.25) is 0 Å². The molecule has 4 rings (SSSR count). The van der Waals surface area contributed by atoms with Gasteiger partial charge in [0.2, 0.25) is 6.79 Å². The lowest BCUT2D eigenvalue weighted by atomic mass is 10.1. The van der Waals surface area contributed by atoms with E-state index in [1.807, 2.05) is 18.2 Å². The number of fused-ring (bicyclic) bond motifs is 2. The van der Waals surface area contributed by atoms with Gasteiger partial charge in [-0.05, 0) is 36.2 Å². The SMILES string of the molecule is COc1ccc2c(c1OC)C(=O)N(CCc1ccc3c(c1)OCO3)C2=O. The molecular weight excluding hydrogens is 338 g/mol. The fraction of sp³-hybridized carbons (Fsp3) is 0.263. The number of ether oxygens (including phenoxy) is 4. The van der Waals surface area contributed by atoms with Gasteiger partial charge in [0.15, 0.2) is 23.0 Å². The molecular formula is C19H17NO6. The van der Waals surface area contributed by atoms with E-state index in [4.69, 9.17) is 18.9 Å². The molecule has 26 heavy (non-hydrogen) atoms. The van der Waals surface area contributed by atoms with Gasteiger partial charge in [0.1, 0.15) is 0 Å².